The van der Waals surface area contributed by atoms with Gasteiger partial charge in [-0.05, 0) is 48.2 Å². The molecule has 0 aliphatic carbocycles. The third kappa shape index (κ3) is 3.58. The fourth-order valence-electron chi connectivity index (χ4n) is 2.03. The predicted molar refractivity (Wildman–Crippen MR) is 84.8 cm³/mol. The van der Waals surface area contributed by atoms with Crippen molar-refractivity contribution in [1.82, 2.24) is 9.78 Å². The lowest BCUT2D eigenvalue weighted by Crippen LogP contribution is -2.12. The fourth-order valence-corrected chi connectivity index (χ4v) is 2.74. The average molecular weight is 297 g/mol. The molecule has 0 saturated heterocycles. The molecule has 5 heteroatoms. The SMILES string of the molecule is O=C(CCc1cccs1)Nc1ccc(-n2cccn2)cc1. The molecule has 1 amide bonds. The van der Waals surface area contributed by atoms with Crippen molar-refractivity contribution in [1.29, 1.82) is 0 Å². The topological polar surface area (TPSA) is 46.9 Å². The molecule has 0 unspecified atom stereocenters. The number of thiophene rings is 1. The van der Waals surface area contributed by atoms with Crippen LogP contribution >= 0.6 is 11.3 Å². The summed E-state index contributed by atoms with van der Waals surface area (Å²) in [7, 11) is 0. The Kier molecular flexibility index (Phi) is 4.12. The average Bonchev–Trinajstić information content (AvgIpc) is 3.19. The van der Waals surface area contributed by atoms with Crippen molar-refractivity contribution in [3.63, 3.8) is 0 Å². The molecule has 106 valence electrons. The van der Waals surface area contributed by atoms with Crippen molar-refractivity contribution in [3.05, 3.63) is 65.1 Å². The Morgan fingerprint density at radius 3 is 2.71 bits per heavy atom. The lowest BCUT2D eigenvalue weighted by atomic mass is 10.2. The summed E-state index contributed by atoms with van der Waals surface area (Å²) in [6.07, 6.45) is 4.91. The van der Waals surface area contributed by atoms with Gasteiger partial charge in [-0.25, -0.2) is 4.68 Å². The molecule has 0 aliphatic heterocycles. The number of benzene rings is 1. The fraction of sp³-hybridized carbons (Fsp3) is 0.125. The molecule has 3 rings (SSSR count). The number of anilines is 1. The summed E-state index contributed by atoms with van der Waals surface area (Å²) in [6, 6.07) is 13.6. The van der Waals surface area contributed by atoms with E-state index in [0.717, 1.165) is 17.8 Å². The number of carbonyl (C=O) groups is 1. The number of rotatable bonds is 5. The number of hydrogen-bond donors (Lipinski definition) is 1. The van der Waals surface area contributed by atoms with Gasteiger partial charge in [0.05, 0.1) is 5.69 Å². The number of carbonyl (C=O) groups excluding carboxylic acids is 1. The van der Waals surface area contributed by atoms with Gasteiger partial charge in [0, 0.05) is 29.4 Å². The minimum Gasteiger partial charge on any atom is -0.326 e. The van der Waals surface area contributed by atoms with E-state index in [0.29, 0.717) is 6.42 Å². The highest BCUT2D eigenvalue weighted by molar-refractivity contribution is 7.09. The van der Waals surface area contributed by atoms with Gasteiger partial charge >= 0.3 is 0 Å². The van der Waals surface area contributed by atoms with Gasteiger partial charge in [-0.3, -0.25) is 4.79 Å². The van der Waals surface area contributed by atoms with Crippen LogP contribution in [0, 0.1) is 0 Å². The number of nitrogens with zero attached hydrogens (tertiary/aromatic N) is 2. The number of amides is 1. The van der Waals surface area contributed by atoms with Crippen LogP contribution in [-0.2, 0) is 11.2 Å². The van der Waals surface area contributed by atoms with Gasteiger partial charge < -0.3 is 5.32 Å². The first-order chi connectivity index (χ1) is 10.3. The standard InChI is InChI=1S/C16H15N3OS/c20-16(9-8-15-3-1-12-21-15)18-13-4-6-14(7-5-13)19-11-2-10-17-19/h1-7,10-12H,8-9H2,(H,18,20). The molecule has 1 aromatic carbocycles. The van der Waals surface area contributed by atoms with Crippen LogP contribution in [-0.4, -0.2) is 15.7 Å². The first-order valence-corrected chi connectivity index (χ1v) is 7.61. The van der Waals surface area contributed by atoms with Crippen LogP contribution in [0.3, 0.4) is 0 Å². The number of nitrogens with one attached hydrogen (secondary N) is 1. The van der Waals surface area contributed by atoms with E-state index in [-0.39, 0.29) is 5.91 Å². The second kappa shape index (κ2) is 6.37. The van der Waals surface area contributed by atoms with Gasteiger partial charge in [0.2, 0.25) is 5.91 Å². The Labute approximate surface area is 127 Å². The number of aryl methyl sites for hydroxylation is 1. The Morgan fingerprint density at radius 1 is 1.19 bits per heavy atom. The normalized spacial score (nSPS) is 10.5. The monoisotopic (exact) mass is 297 g/mol. The molecule has 0 atom stereocenters. The van der Waals surface area contributed by atoms with E-state index in [2.05, 4.69) is 16.5 Å². The van der Waals surface area contributed by atoms with Gasteiger partial charge in [0.15, 0.2) is 0 Å². The molecule has 0 spiro atoms. The second-order valence-corrected chi connectivity index (χ2v) is 5.66. The molecule has 0 aliphatic rings. The molecule has 21 heavy (non-hydrogen) atoms. The number of hydrogen-bond acceptors (Lipinski definition) is 3. The lowest BCUT2D eigenvalue weighted by molar-refractivity contribution is -0.116. The summed E-state index contributed by atoms with van der Waals surface area (Å²) in [5, 5.41) is 9.11. The quantitative estimate of drug-likeness (QED) is 0.783. The summed E-state index contributed by atoms with van der Waals surface area (Å²) in [4.78, 5) is 13.1. The van der Waals surface area contributed by atoms with Crippen molar-refractivity contribution >= 4 is 22.9 Å². The summed E-state index contributed by atoms with van der Waals surface area (Å²) >= 11 is 1.68. The van der Waals surface area contributed by atoms with E-state index in [1.54, 1.807) is 22.2 Å². The zero-order chi connectivity index (χ0) is 14.5. The van der Waals surface area contributed by atoms with Crippen LogP contribution in [0.2, 0.25) is 0 Å². The summed E-state index contributed by atoms with van der Waals surface area (Å²) < 4.78 is 1.78. The van der Waals surface area contributed by atoms with Crippen LogP contribution in [0.1, 0.15) is 11.3 Å². The first-order valence-electron chi connectivity index (χ1n) is 6.73. The third-order valence-electron chi connectivity index (χ3n) is 3.10. The van der Waals surface area contributed by atoms with Gasteiger partial charge in [-0.15, -0.1) is 11.3 Å². The van der Waals surface area contributed by atoms with Crippen LogP contribution in [0.5, 0.6) is 0 Å². The molecule has 1 N–H and O–H groups in total. The van der Waals surface area contributed by atoms with Gasteiger partial charge in [-0.1, -0.05) is 6.07 Å². The van der Waals surface area contributed by atoms with E-state index in [9.17, 15) is 4.79 Å². The van der Waals surface area contributed by atoms with Crippen LogP contribution in [0.25, 0.3) is 5.69 Å². The van der Waals surface area contributed by atoms with E-state index in [1.165, 1.54) is 4.88 Å². The zero-order valence-electron chi connectivity index (χ0n) is 11.4. The minimum atomic E-state index is 0.0373. The van der Waals surface area contributed by atoms with E-state index >= 15 is 0 Å². The molecular formula is C16H15N3OS. The van der Waals surface area contributed by atoms with Crippen LogP contribution in [0.4, 0.5) is 5.69 Å². The predicted octanol–water partition coefficient (Wildman–Crippen LogP) is 3.51. The lowest BCUT2D eigenvalue weighted by Gasteiger charge is -2.06. The van der Waals surface area contributed by atoms with E-state index in [4.69, 9.17) is 0 Å². The second-order valence-electron chi connectivity index (χ2n) is 4.63. The van der Waals surface area contributed by atoms with Crippen molar-refractivity contribution in [2.45, 2.75) is 12.8 Å². The largest absolute Gasteiger partial charge is 0.326 e. The molecule has 0 radical (unpaired) electrons. The summed E-state index contributed by atoms with van der Waals surface area (Å²) in [6.45, 7) is 0. The third-order valence-corrected chi connectivity index (χ3v) is 4.03. The van der Waals surface area contributed by atoms with E-state index < -0.39 is 0 Å². The molecule has 0 fully saturated rings. The van der Waals surface area contributed by atoms with Gasteiger partial charge in [0.1, 0.15) is 0 Å². The molecule has 0 saturated carbocycles. The van der Waals surface area contributed by atoms with Crippen molar-refractivity contribution in [3.8, 4) is 5.69 Å². The maximum Gasteiger partial charge on any atom is 0.224 e. The van der Waals surface area contributed by atoms with Crippen molar-refractivity contribution in [2.24, 2.45) is 0 Å². The molecule has 4 nitrogen and oxygen atoms in total. The first kappa shape index (κ1) is 13.6. The minimum absolute atomic E-state index is 0.0373. The highest BCUT2D eigenvalue weighted by atomic mass is 32.1. The Hall–Kier alpha value is -2.40. The Balaban J connectivity index is 1.56. The van der Waals surface area contributed by atoms with Crippen molar-refractivity contribution in [2.75, 3.05) is 5.32 Å². The highest BCUT2D eigenvalue weighted by Crippen LogP contribution is 2.14. The number of aromatic nitrogens is 2. The molecule has 0 bridgehead atoms. The highest BCUT2D eigenvalue weighted by Gasteiger charge is 2.04. The summed E-state index contributed by atoms with van der Waals surface area (Å²) in [5.41, 5.74) is 1.78. The zero-order valence-corrected chi connectivity index (χ0v) is 12.2. The molecule has 2 aromatic heterocycles. The molecular weight excluding hydrogens is 282 g/mol. The van der Waals surface area contributed by atoms with Gasteiger partial charge in [-0.2, -0.15) is 5.10 Å². The Morgan fingerprint density at radius 2 is 2.05 bits per heavy atom. The van der Waals surface area contributed by atoms with E-state index in [1.807, 2.05) is 48.0 Å². The van der Waals surface area contributed by atoms with Gasteiger partial charge in [0.25, 0.3) is 0 Å². The summed E-state index contributed by atoms with van der Waals surface area (Å²) in [5.74, 6) is 0.0373. The maximum absolute atomic E-state index is 11.9. The molecule has 2 heterocycles. The maximum atomic E-state index is 11.9. The molecule has 3 aromatic rings. The Bertz CT molecular complexity index is 688. The smallest absolute Gasteiger partial charge is 0.224 e. The van der Waals surface area contributed by atoms with Crippen molar-refractivity contribution < 1.29 is 4.79 Å². The van der Waals surface area contributed by atoms with Crippen LogP contribution in [0.15, 0.2) is 60.2 Å². The van der Waals surface area contributed by atoms with Crippen LogP contribution < -0.4 is 5.32 Å².